The van der Waals surface area contributed by atoms with Crippen molar-refractivity contribution in [2.75, 3.05) is 6.54 Å². The summed E-state index contributed by atoms with van der Waals surface area (Å²) in [5.74, 6) is -7.82. The lowest BCUT2D eigenvalue weighted by atomic mass is 9.98. The normalized spacial score (nSPS) is 14.5. The fraction of sp³-hybridized carbons (Fsp3) is 0.500. The number of carboxylic acids is 2. The number of benzene rings is 2. The molecule has 0 aromatic heterocycles. The van der Waals surface area contributed by atoms with Gasteiger partial charge in [-0.3, -0.25) is 33.8 Å². The number of rotatable bonds is 25. The van der Waals surface area contributed by atoms with Crippen LogP contribution in [0.1, 0.15) is 70.9 Å². The number of amides is 5. The van der Waals surface area contributed by atoms with Gasteiger partial charge in [-0.25, -0.2) is 4.79 Å². The van der Waals surface area contributed by atoms with E-state index >= 15 is 0 Å². The molecule has 0 saturated carbocycles. The van der Waals surface area contributed by atoms with Gasteiger partial charge in [0.05, 0.1) is 12.5 Å². The maximum Gasteiger partial charge on any atom is 0.326 e. The SMILES string of the molecule is CCC(C)C(NC(=O)C(CCCN=C(N)N)NC(=O)C(CC(C)C)NC(=O)C(Cc1ccc(O)cc1)NC(=O)C(Cc1ccc(O)cc1)NC(=O)C(N)CC(=O)O)C(=O)O. The summed E-state index contributed by atoms with van der Waals surface area (Å²) in [5, 5.41) is 51.5. The van der Waals surface area contributed by atoms with Gasteiger partial charge in [-0.1, -0.05) is 58.4 Å². The summed E-state index contributed by atoms with van der Waals surface area (Å²) < 4.78 is 0. The second-order valence-electron chi connectivity index (χ2n) is 15.0. The van der Waals surface area contributed by atoms with E-state index in [4.69, 9.17) is 22.3 Å². The van der Waals surface area contributed by atoms with Crippen molar-refractivity contribution in [3.8, 4) is 11.5 Å². The zero-order valence-corrected chi connectivity index (χ0v) is 34.2. The molecule has 15 N–H and O–H groups in total. The summed E-state index contributed by atoms with van der Waals surface area (Å²) in [5.41, 5.74) is 17.6. The van der Waals surface area contributed by atoms with Crippen molar-refractivity contribution in [1.82, 2.24) is 26.6 Å². The zero-order valence-electron chi connectivity index (χ0n) is 34.2. The molecule has 0 aliphatic heterocycles. The maximum absolute atomic E-state index is 14.2. The summed E-state index contributed by atoms with van der Waals surface area (Å²) in [7, 11) is 0. The number of phenols is 2. The van der Waals surface area contributed by atoms with E-state index in [-0.39, 0.29) is 62.0 Å². The van der Waals surface area contributed by atoms with Crippen LogP contribution in [0.5, 0.6) is 11.5 Å². The molecule has 0 bridgehead atoms. The molecule has 2 rings (SSSR count). The summed E-state index contributed by atoms with van der Waals surface area (Å²) in [4.78, 5) is 95.9. The predicted octanol–water partition coefficient (Wildman–Crippen LogP) is -0.661. The van der Waals surface area contributed by atoms with E-state index in [2.05, 4.69) is 31.6 Å². The Balaban J connectivity index is 2.48. The number of nitrogens with one attached hydrogen (secondary N) is 5. The van der Waals surface area contributed by atoms with Crippen molar-refractivity contribution in [2.45, 2.75) is 109 Å². The van der Waals surface area contributed by atoms with Crippen molar-refractivity contribution in [3.05, 3.63) is 59.7 Å². The molecule has 0 aliphatic carbocycles. The third-order valence-electron chi connectivity index (χ3n) is 9.44. The van der Waals surface area contributed by atoms with E-state index in [9.17, 15) is 48.9 Å². The lowest BCUT2D eigenvalue weighted by Crippen LogP contribution is -2.60. The number of carbonyl (C=O) groups excluding carboxylic acids is 5. The Bertz CT molecular complexity index is 1800. The van der Waals surface area contributed by atoms with E-state index in [1.807, 2.05) is 0 Å². The lowest BCUT2D eigenvalue weighted by Gasteiger charge is -2.28. The van der Waals surface area contributed by atoms with Crippen LogP contribution in [0.2, 0.25) is 0 Å². The first-order chi connectivity index (χ1) is 28.2. The van der Waals surface area contributed by atoms with Gasteiger partial charge in [0.25, 0.3) is 0 Å². The van der Waals surface area contributed by atoms with Crippen molar-refractivity contribution in [2.24, 2.45) is 34.0 Å². The van der Waals surface area contributed by atoms with E-state index in [0.717, 1.165) is 0 Å². The van der Waals surface area contributed by atoms with E-state index in [0.29, 0.717) is 17.5 Å². The number of aromatic hydroxyl groups is 2. The molecule has 20 nitrogen and oxygen atoms in total. The number of carbonyl (C=O) groups is 7. The third kappa shape index (κ3) is 17.6. The predicted molar refractivity (Wildman–Crippen MR) is 220 cm³/mol. The molecule has 0 fully saturated rings. The number of phenolic OH excluding ortho intramolecular Hbond substituents is 2. The Morgan fingerprint density at radius 1 is 0.650 bits per heavy atom. The molecule has 0 heterocycles. The van der Waals surface area contributed by atoms with Gasteiger partial charge in [-0.2, -0.15) is 0 Å². The molecular formula is C40H59N9O11. The Labute approximate surface area is 348 Å². The molecule has 5 amide bonds. The standard InChI is InChI=1S/C40H59N9O11/c1-5-22(4)33(39(59)60)49-35(55)28(7-6-16-44-40(42)43)45-36(56)29(17-21(2)3)47-38(58)31(19-24-10-14-26(51)15-11-24)48-37(57)30(18-23-8-12-25(50)13-9-23)46-34(54)27(41)20-32(52)53/h8-15,21-22,27-31,33,50-51H,5-7,16-20,41H2,1-4H3,(H,45,56)(H,46,54)(H,47,58)(H,48,57)(H,49,55)(H,52,53)(H,59,60)(H4,42,43,44). The van der Waals surface area contributed by atoms with Gasteiger partial charge < -0.3 is 64.2 Å². The van der Waals surface area contributed by atoms with Gasteiger partial charge >= 0.3 is 11.9 Å². The number of aliphatic carboxylic acids is 2. The third-order valence-corrected chi connectivity index (χ3v) is 9.44. The number of aliphatic imine (C=N–C) groups is 1. The minimum Gasteiger partial charge on any atom is -0.508 e. The number of guanidine groups is 1. The molecule has 7 atom stereocenters. The lowest BCUT2D eigenvalue weighted by molar-refractivity contribution is -0.144. The second kappa shape index (κ2) is 24.5. The minimum atomic E-state index is -1.52. The molecule has 0 saturated heterocycles. The average molecular weight is 842 g/mol. The summed E-state index contributed by atoms with van der Waals surface area (Å²) in [6, 6.07) is 3.31. The van der Waals surface area contributed by atoms with Crippen LogP contribution >= 0.6 is 0 Å². The van der Waals surface area contributed by atoms with Crippen molar-refractivity contribution in [1.29, 1.82) is 0 Å². The van der Waals surface area contributed by atoms with Crippen molar-refractivity contribution >= 4 is 47.4 Å². The highest BCUT2D eigenvalue weighted by Crippen LogP contribution is 2.16. The first-order valence-electron chi connectivity index (χ1n) is 19.5. The molecule has 2 aromatic carbocycles. The summed E-state index contributed by atoms with van der Waals surface area (Å²) in [6.07, 6.45) is -0.377. The fourth-order valence-electron chi connectivity index (χ4n) is 5.94. The first kappa shape index (κ1) is 49.7. The minimum absolute atomic E-state index is 0.00661. The summed E-state index contributed by atoms with van der Waals surface area (Å²) >= 11 is 0. The number of hydrogen-bond donors (Lipinski definition) is 12. The molecule has 330 valence electrons. The number of hydrogen-bond acceptors (Lipinski definition) is 11. The van der Waals surface area contributed by atoms with Crippen LogP contribution in [0.4, 0.5) is 0 Å². The Hall–Kier alpha value is -6.44. The van der Waals surface area contributed by atoms with Crippen molar-refractivity contribution < 1.29 is 54.0 Å². The molecule has 7 unspecified atom stereocenters. The molecular weight excluding hydrogens is 782 g/mol. The van der Waals surface area contributed by atoms with Crippen molar-refractivity contribution in [3.63, 3.8) is 0 Å². The van der Waals surface area contributed by atoms with Crippen LogP contribution < -0.4 is 43.8 Å². The van der Waals surface area contributed by atoms with Gasteiger partial charge in [0.1, 0.15) is 41.7 Å². The maximum atomic E-state index is 14.2. The van der Waals surface area contributed by atoms with Gasteiger partial charge in [0.15, 0.2) is 5.96 Å². The Kier molecular flexibility index (Phi) is 20.3. The molecule has 0 radical (unpaired) electrons. The van der Waals surface area contributed by atoms with Crippen LogP contribution in [-0.4, -0.2) is 111 Å². The average Bonchev–Trinajstić information content (AvgIpc) is 3.17. The van der Waals surface area contributed by atoms with Crippen LogP contribution in [-0.2, 0) is 46.4 Å². The molecule has 60 heavy (non-hydrogen) atoms. The monoisotopic (exact) mass is 841 g/mol. The van der Waals surface area contributed by atoms with Crippen LogP contribution in [0, 0.1) is 11.8 Å². The van der Waals surface area contributed by atoms with E-state index < -0.39 is 90.1 Å². The van der Waals surface area contributed by atoms with Gasteiger partial charge in [-0.15, -0.1) is 0 Å². The van der Waals surface area contributed by atoms with Crippen LogP contribution in [0.3, 0.4) is 0 Å². The highest BCUT2D eigenvalue weighted by Gasteiger charge is 2.34. The second-order valence-corrected chi connectivity index (χ2v) is 15.0. The molecule has 0 aliphatic rings. The number of carboxylic acid groups (broad SMARTS) is 2. The molecule has 20 heteroatoms. The summed E-state index contributed by atoms with van der Waals surface area (Å²) in [6.45, 7) is 7.10. The quantitative estimate of drug-likeness (QED) is 0.0336. The highest BCUT2D eigenvalue weighted by molar-refractivity contribution is 5.97. The van der Waals surface area contributed by atoms with Gasteiger partial charge in [0.2, 0.25) is 29.5 Å². The Morgan fingerprint density at radius 2 is 1.08 bits per heavy atom. The van der Waals surface area contributed by atoms with Crippen LogP contribution in [0.25, 0.3) is 0 Å². The first-order valence-corrected chi connectivity index (χ1v) is 19.5. The number of nitrogens with two attached hydrogens (primary N) is 3. The topological polar surface area (TPSA) is 351 Å². The fourth-order valence-corrected chi connectivity index (χ4v) is 5.94. The number of nitrogens with zero attached hydrogens (tertiary/aromatic N) is 1. The highest BCUT2D eigenvalue weighted by atomic mass is 16.4. The van der Waals surface area contributed by atoms with Gasteiger partial charge in [0, 0.05) is 19.4 Å². The van der Waals surface area contributed by atoms with Crippen LogP contribution in [0.15, 0.2) is 53.5 Å². The van der Waals surface area contributed by atoms with Gasteiger partial charge in [-0.05, 0) is 66.5 Å². The largest absolute Gasteiger partial charge is 0.508 e. The molecule has 2 aromatic rings. The van der Waals surface area contributed by atoms with E-state index in [1.165, 1.54) is 48.5 Å². The zero-order chi connectivity index (χ0) is 45.1. The molecule has 0 spiro atoms. The Morgan fingerprint density at radius 3 is 1.52 bits per heavy atom. The van der Waals surface area contributed by atoms with E-state index in [1.54, 1.807) is 27.7 Å². The smallest absolute Gasteiger partial charge is 0.326 e.